The van der Waals surface area contributed by atoms with Gasteiger partial charge in [0, 0.05) is 13.2 Å². The van der Waals surface area contributed by atoms with E-state index in [-0.39, 0.29) is 0 Å². The zero-order valence-electron chi connectivity index (χ0n) is 7.88. The van der Waals surface area contributed by atoms with Gasteiger partial charge in [0.1, 0.15) is 16.0 Å². The molecule has 0 atom stereocenters. The zero-order valence-corrected chi connectivity index (χ0v) is 8.70. The minimum atomic E-state index is 0.712. The van der Waals surface area contributed by atoms with Crippen molar-refractivity contribution < 1.29 is 0 Å². The van der Waals surface area contributed by atoms with Gasteiger partial charge in [-0.25, -0.2) is 4.98 Å². The molecular formula is C9H11N3S. The fraction of sp³-hybridized carbons (Fsp3) is 0.333. The molecule has 1 N–H and O–H groups in total. The lowest BCUT2D eigenvalue weighted by Gasteiger charge is -1.99. The topological polar surface area (TPSA) is 33.6 Å². The Balaban J connectivity index is 3.09. The van der Waals surface area contributed by atoms with E-state index < -0.39 is 0 Å². The lowest BCUT2D eigenvalue weighted by Crippen LogP contribution is -1.92. The molecule has 0 spiro atoms. The first-order chi connectivity index (χ1) is 6.11. The van der Waals surface area contributed by atoms with Gasteiger partial charge in [-0.15, -0.1) is 0 Å². The predicted molar refractivity (Wildman–Crippen MR) is 55.4 cm³/mol. The number of H-pyrrole nitrogens is 1. The maximum Gasteiger partial charge on any atom is 0.131 e. The molecule has 4 heteroatoms. The van der Waals surface area contributed by atoms with Crippen molar-refractivity contribution in [3.8, 4) is 0 Å². The monoisotopic (exact) mass is 193 g/mol. The summed E-state index contributed by atoms with van der Waals surface area (Å²) in [4.78, 5) is 7.42. The highest BCUT2D eigenvalue weighted by Crippen LogP contribution is 2.17. The minimum absolute atomic E-state index is 0.712. The summed E-state index contributed by atoms with van der Waals surface area (Å²) in [5.74, 6) is 0.990. The van der Waals surface area contributed by atoms with E-state index in [1.807, 2.05) is 20.2 Å². The Morgan fingerprint density at radius 3 is 2.77 bits per heavy atom. The number of imidazole rings is 1. The van der Waals surface area contributed by atoms with Crippen LogP contribution in [0.5, 0.6) is 0 Å². The molecule has 3 nitrogen and oxygen atoms in total. The summed E-state index contributed by atoms with van der Waals surface area (Å²) in [7, 11) is 2.01. The van der Waals surface area contributed by atoms with Crippen molar-refractivity contribution in [2.24, 2.45) is 7.05 Å². The van der Waals surface area contributed by atoms with Gasteiger partial charge in [0.25, 0.3) is 0 Å². The summed E-state index contributed by atoms with van der Waals surface area (Å²) in [6, 6.07) is 0. The molecule has 0 aliphatic carbocycles. The molecule has 2 heterocycles. The first-order valence-corrected chi connectivity index (χ1v) is 4.53. The van der Waals surface area contributed by atoms with Crippen molar-refractivity contribution in [3.05, 3.63) is 22.2 Å². The van der Waals surface area contributed by atoms with Crippen LogP contribution in [0.2, 0.25) is 0 Å². The second kappa shape index (κ2) is 2.67. The van der Waals surface area contributed by atoms with E-state index in [0.29, 0.717) is 4.64 Å². The fourth-order valence-electron chi connectivity index (χ4n) is 1.53. The van der Waals surface area contributed by atoms with Gasteiger partial charge in [-0.1, -0.05) is 12.2 Å². The maximum absolute atomic E-state index is 5.15. The molecule has 0 bridgehead atoms. The number of fused-ring (bicyclic) bond motifs is 1. The molecule has 13 heavy (non-hydrogen) atoms. The van der Waals surface area contributed by atoms with E-state index in [4.69, 9.17) is 12.2 Å². The number of aromatic amines is 1. The average molecular weight is 193 g/mol. The zero-order chi connectivity index (χ0) is 9.59. The summed E-state index contributed by atoms with van der Waals surface area (Å²) in [5.41, 5.74) is 3.20. The predicted octanol–water partition coefficient (Wildman–Crippen LogP) is 2.25. The Morgan fingerprint density at radius 2 is 2.15 bits per heavy atom. The van der Waals surface area contributed by atoms with Gasteiger partial charge in [0.15, 0.2) is 0 Å². The summed E-state index contributed by atoms with van der Waals surface area (Å²) >= 11 is 5.15. The van der Waals surface area contributed by atoms with Crippen LogP contribution >= 0.6 is 12.2 Å². The van der Waals surface area contributed by atoms with Crippen LogP contribution in [0.3, 0.4) is 0 Å². The smallest absolute Gasteiger partial charge is 0.131 e. The molecule has 68 valence electrons. The van der Waals surface area contributed by atoms with Gasteiger partial charge in [0.05, 0.1) is 5.52 Å². The van der Waals surface area contributed by atoms with Gasteiger partial charge in [-0.2, -0.15) is 0 Å². The summed E-state index contributed by atoms with van der Waals surface area (Å²) in [6.45, 7) is 4.03. The van der Waals surface area contributed by atoms with E-state index in [9.17, 15) is 0 Å². The maximum atomic E-state index is 5.15. The van der Waals surface area contributed by atoms with E-state index >= 15 is 0 Å². The Hall–Kier alpha value is -1.16. The third kappa shape index (κ3) is 1.09. The van der Waals surface area contributed by atoms with Crippen LogP contribution in [-0.4, -0.2) is 14.5 Å². The first kappa shape index (κ1) is 8.44. The third-order valence-electron chi connectivity index (χ3n) is 2.33. The Kier molecular flexibility index (Phi) is 1.73. The quantitative estimate of drug-likeness (QED) is 0.651. The van der Waals surface area contributed by atoms with E-state index in [1.165, 1.54) is 5.56 Å². The number of aromatic nitrogens is 3. The molecule has 0 aliphatic rings. The molecule has 0 fully saturated rings. The summed E-state index contributed by atoms with van der Waals surface area (Å²) in [6.07, 6.45) is 1.92. The van der Waals surface area contributed by atoms with Crippen LogP contribution in [0.1, 0.15) is 11.4 Å². The van der Waals surface area contributed by atoms with Gasteiger partial charge < -0.3 is 9.55 Å². The normalized spacial score (nSPS) is 11.0. The molecule has 2 aromatic heterocycles. The lowest BCUT2D eigenvalue weighted by molar-refractivity contribution is 0.883. The molecule has 0 unspecified atom stereocenters. The molecule has 0 saturated heterocycles. The molecule has 0 amide bonds. The molecule has 0 radical (unpaired) electrons. The molecule has 0 aliphatic heterocycles. The Bertz CT molecular complexity index is 521. The van der Waals surface area contributed by atoms with Crippen molar-refractivity contribution in [2.45, 2.75) is 13.8 Å². The summed E-state index contributed by atoms with van der Waals surface area (Å²) in [5, 5.41) is 0. The highest BCUT2D eigenvalue weighted by molar-refractivity contribution is 7.71. The van der Waals surface area contributed by atoms with Gasteiger partial charge >= 0.3 is 0 Å². The Morgan fingerprint density at radius 1 is 1.46 bits per heavy atom. The molecule has 0 aromatic carbocycles. The van der Waals surface area contributed by atoms with E-state index in [2.05, 4.69) is 21.5 Å². The number of rotatable bonds is 0. The average Bonchev–Trinajstić information content (AvgIpc) is 2.38. The third-order valence-corrected chi connectivity index (χ3v) is 2.64. The lowest BCUT2D eigenvalue weighted by atomic mass is 10.3. The van der Waals surface area contributed by atoms with Crippen molar-refractivity contribution in [3.63, 3.8) is 0 Å². The van der Waals surface area contributed by atoms with Crippen LogP contribution < -0.4 is 0 Å². The van der Waals surface area contributed by atoms with Crippen LogP contribution in [-0.2, 0) is 7.05 Å². The summed E-state index contributed by atoms with van der Waals surface area (Å²) < 4.78 is 2.78. The molecule has 2 aromatic rings. The highest BCUT2D eigenvalue weighted by atomic mass is 32.1. The van der Waals surface area contributed by atoms with Crippen LogP contribution in [0.15, 0.2) is 6.20 Å². The molecule has 0 saturated carbocycles. The minimum Gasteiger partial charge on any atom is -0.351 e. The molecular weight excluding hydrogens is 182 g/mol. The van der Waals surface area contributed by atoms with Crippen LogP contribution in [0.25, 0.3) is 11.0 Å². The number of aryl methyl sites for hydroxylation is 3. The van der Waals surface area contributed by atoms with Gasteiger partial charge in [-0.3, -0.25) is 0 Å². The SMILES string of the molecule is Cc1c[nH]c(=S)c2nc(C)n(C)c12. The van der Waals surface area contributed by atoms with Crippen molar-refractivity contribution >= 4 is 23.3 Å². The number of hydrogen-bond acceptors (Lipinski definition) is 2. The first-order valence-electron chi connectivity index (χ1n) is 4.12. The highest BCUT2D eigenvalue weighted by Gasteiger charge is 2.07. The van der Waals surface area contributed by atoms with Crippen LogP contribution in [0.4, 0.5) is 0 Å². The van der Waals surface area contributed by atoms with Gasteiger partial charge in [-0.05, 0) is 19.4 Å². The fourth-order valence-corrected chi connectivity index (χ4v) is 1.73. The Labute approximate surface area is 81.4 Å². The van der Waals surface area contributed by atoms with Crippen molar-refractivity contribution in [2.75, 3.05) is 0 Å². The van der Waals surface area contributed by atoms with Gasteiger partial charge in [0.2, 0.25) is 0 Å². The number of pyridine rings is 1. The number of nitrogens with one attached hydrogen (secondary N) is 1. The second-order valence-electron chi connectivity index (χ2n) is 3.22. The number of hydrogen-bond donors (Lipinski definition) is 1. The van der Waals surface area contributed by atoms with Crippen molar-refractivity contribution in [1.82, 2.24) is 14.5 Å². The van der Waals surface area contributed by atoms with E-state index in [0.717, 1.165) is 16.9 Å². The second-order valence-corrected chi connectivity index (χ2v) is 3.62. The largest absolute Gasteiger partial charge is 0.351 e. The molecule has 2 rings (SSSR count). The standard InChI is InChI=1S/C9H11N3S/c1-5-4-10-9(13)7-8(5)12(3)6(2)11-7/h4H,1-3H3,(H,10,13). The number of nitrogens with zero attached hydrogens (tertiary/aromatic N) is 2. The van der Waals surface area contributed by atoms with Crippen LogP contribution in [0, 0.1) is 18.5 Å². The van der Waals surface area contributed by atoms with Crippen molar-refractivity contribution in [1.29, 1.82) is 0 Å². The van der Waals surface area contributed by atoms with E-state index in [1.54, 1.807) is 0 Å².